The number of rotatable bonds is 3. The van der Waals surface area contributed by atoms with E-state index in [1.165, 1.54) is 24.3 Å². The van der Waals surface area contributed by atoms with Crippen LogP contribution < -0.4 is 0 Å². The van der Waals surface area contributed by atoms with E-state index in [1.54, 1.807) is 0 Å². The zero-order valence-electron chi connectivity index (χ0n) is 7.38. The smallest absolute Gasteiger partial charge is 0.328 e. The molecule has 0 aliphatic rings. The predicted octanol–water partition coefficient (Wildman–Crippen LogP) is 2.35. The summed E-state index contributed by atoms with van der Waals surface area (Å²) in [7, 11) is 0. The molecule has 0 amide bonds. The number of non-ortho nitro benzene ring substituents is 1. The van der Waals surface area contributed by atoms with Crippen LogP contribution in [0.15, 0.2) is 24.3 Å². The van der Waals surface area contributed by atoms with Gasteiger partial charge < -0.3 is 5.11 Å². The molecular weight excluding hydrogens is 222 g/mol. The number of nitro benzene ring substituents is 1. The largest absolute Gasteiger partial charge is 0.478 e. The van der Waals surface area contributed by atoms with Gasteiger partial charge in [0.1, 0.15) is 0 Å². The van der Waals surface area contributed by atoms with Crippen molar-refractivity contribution in [1.29, 1.82) is 0 Å². The molecule has 0 unspecified atom stereocenters. The van der Waals surface area contributed by atoms with Crippen molar-refractivity contribution in [2.45, 2.75) is 0 Å². The van der Waals surface area contributed by atoms with Gasteiger partial charge in [-0.05, 0) is 17.7 Å². The third kappa shape index (κ3) is 3.07. The maximum absolute atomic E-state index is 10.4. The minimum Gasteiger partial charge on any atom is -0.478 e. The lowest BCUT2D eigenvalue weighted by Crippen LogP contribution is -1.89. The molecule has 0 heterocycles. The van der Waals surface area contributed by atoms with Crippen LogP contribution in [-0.2, 0) is 4.79 Å². The summed E-state index contributed by atoms with van der Waals surface area (Å²) in [5.74, 6) is -1.11. The number of carbonyl (C=O) groups is 1. The van der Waals surface area contributed by atoms with Crippen LogP contribution in [-0.4, -0.2) is 16.0 Å². The number of carboxylic acid groups (broad SMARTS) is 1. The van der Waals surface area contributed by atoms with Crippen molar-refractivity contribution in [3.8, 4) is 0 Å². The highest BCUT2D eigenvalue weighted by Crippen LogP contribution is 2.23. The van der Waals surface area contributed by atoms with Crippen molar-refractivity contribution < 1.29 is 14.8 Å². The van der Waals surface area contributed by atoms with Gasteiger partial charge in [0.25, 0.3) is 5.69 Å². The normalized spacial score (nSPS) is 10.5. The molecule has 5 nitrogen and oxygen atoms in total. The molecule has 1 rings (SSSR count). The zero-order valence-corrected chi connectivity index (χ0v) is 8.14. The van der Waals surface area contributed by atoms with Crippen molar-refractivity contribution in [3.63, 3.8) is 0 Å². The van der Waals surface area contributed by atoms with E-state index in [-0.39, 0.29) is 10.7 Å². The van der Waals surface area contributed by atoms with E-state index in [0.717, 1.165) is 6.08 Å². The van der Waals surface area contributed by atoms with Crippen molar-refractivity contribution in [2.24, 2.45) is 0 Å². The Kier molecular flexibility index (Phi) is 3.41. The van der Waals surface area contributed by atoms with E-state index >= 15 is 0 Å². The fourth-order valence-electron chi connectivity index (χ4n) is 0.926. The molecule has 0 aliphatic carbocycles. The summed E-state index contributed by atoms with van der Waals surface area (Å²) in [5.41, 5.74) is 0.289. The molecule has 0 saturated carbocycles. The quantitative estimate of drug-likeness (QED) is 0.488. The Balaban J connectivity index is 3.03. The Labute approximate surface area is 89.7 Å². The molecular formula is C9H6ClNO4. The average Bonchev–Trinajstić information content (AvgIpc) is 2.15. The second-order valence-corrected chi connectivity index (χ2v) is 3.04. The van der Waals surface area contributed by atoms with E-state index < -0.39 is 10.9 Å². The molecule has 0 bridgehead atoms. The first-order chi connectivity index (χ1) is 7.00. The SMILES string of the molecule is O=C(O)C=Cc1ccc([N+](=O)[O-])cc1Cl. The Hall–Kier alpha value is -1.88. The lowest BCUT2D eigenvalue weighted by molar-refractivity contribution is -0.384. The predicted molar refractivity (Wildman–Crippen MR) is 54.8 cm³/mol. The highest BCUT2D eigenvalue weighted by molar-refractivity contribution is 6.32. The Morgan fingerprint density at radius 2 is 2.20 bits per heavy atom. The summed E-state index contributed by atoms with van der Waals surface area (Å²) < 4.78 is 0. The zero-order chi connectivity index (χ0) is 11.4. The third-order valence-electron chi connectivity index (χ3n) is 1.60. The fourth-order valence-corrected chi connectivity index (χ4v) is 1.16. The fraction of sp³-hybridized carbons (Fsp3) is 0. The molecule has 6 heteroatoms. The van der Waals surface area contributed by atoms with Crippen LogP contribution in [0.4, 0.5) is 5.69 Å². The van der Waals surface area contributed by atoms with Gasteiger partial charge in [0.05, 0.1) is 9.95 Å². The summed E-state index contributed by atoms with van der Waals surface area (Å²) in [6.07, 6.45) is 2.18. The minimum absolute atomic E-state index is 0.132. The standard InChI is InChI=1S/C9H6ClNO4/c10-8-5-7(11(14)15)3-1-6(8)2-4-9(12)13/h1-5H,(H,12,13). The van der Waals surface area contributed by atoms with Gasteiger partial charge in [-0.1, -0.05) is 11.6 Å². The first-order valence-electron chi connectivity index (χ1n) is 3.85. The van der Waals surface area contributed by atoms with E-state index in [1.807, 2.05) is 0 Å². The number of hydrogen-bond donors (Lipinski definition) is 1. The molecule has 0 saturated heterocycles. The molecule has 78 valence electrons. The van der Waals surface area contributed by atoms with Crippen LogP contribution in [0.3, 0.4) is 0 Å². The molecule has 1 aromatic rings. The first kappa shape index (κ1) is 11.2. The number of benzene rings is 1. The highest BCUT2D eigenvalue weighted by atomic mass is 35.5. The molecule has 0 radical (unpaired) electrons. The van der Waals surface area contributed by atoms with Crippen LogP contribution in [0, 0.1) is 10.1 Å². The highest BCUT2D eigenvalue weighted by Gasteiger charge is 2.07. The van der Waals surface area contributed by atoms with Crippen LogP contribution >= 0.6 is 11.6 Å². The van der Waals surface area contributed by atoms with Crippen molar-refractivity contribution in [3.05, 3.63) is 45.0 Å². The van der Waals surface area contributed by atoms with Crippen molar-refractivity contribution in [2.75, 3.05) is 0 Å². The summed E-state index contributed by atoms with van der Waals surface area (Å²) in [5, 5.41) is 18.9. The van der Waals surface area contributed by atoms with Gasteiger partial charge in [-0.2, -0.15) is 0 Å². The number of nitro groups is 1. The number of aliphatic carboxylic acids is 1. The van der Waals surface area contributed by atoms with Gasteiger partial charge in [-0.3, -0.25) is 10.1 Å². The van der Waals surface area contributed by atoms with Crippen LogP contribution in [0.5, 0.6) is 0 Å². The monoisotopic (exact) mass is 227 g/mol. The Bertz CT molecular complexity index is 442. The molecule has 0 aromatic heterocycles. The lowest BCUT2D eigenvalue weighted by atomic mass is 10.2. The summed E-state index contributed by atoms with van der Waals surface area (Å²) >= 11 is 5.71. The van der Waals surface area contributed by atoms with Gasteiger partial charge >= 0.3 is 5.97 Å². The van der Waals surface area contributed by atoms with Crippen molar-refractivity contribution >= 4 is 29.3 Å². The average molecular weight is 228 g/mol. The molecule has 1 aromatic carbocycles. The van der Waals surface area contributed by atoms with E-state index in [0.29, 0.717) is 5.56 Å². The van der Waals surface area contributed by atoms with Gasteiger partial charge in [-0.15, -0.1) is 0 Å². The van der Waals surface area contributed by atoms with Crippen LogP contribution in [0.1, 0.15) is 5.56 Å². The van der Waals surface area contributed by atoms with Gasteiger partial charge in [0, 0.05) is 18.2 Å². The molecule has 1 N–H and O–H groups in total. The van der Waals surface area contributed by atoms with Crippen LogP contribution in [0.2, 0.25) is 5.02 Å². The first-order valence-corrected chi connectivity index (χ1v) is 4.23. The molecule has 0 atom stereocenters. The topological polar surface area (TPSA) is 80.4 Å². The van der Waals surface area contributed by atoms with E-state index in [4.69, 9.17) is 16.7 Å². The lowest BCUT2D eigenvalue weighted by Gasteiger charge is -1.97. The Morgan fingerprint density at radius 1 is 1.53 bits per heavy atom. The van der Waals surface area contributed by atoms with E-state index in [9.17, 15) is 14.9 Å². The summed E-state index contributed by atoms with van der Waals surface area (Å²) in [6, 6.07) is 3.82. The van der Waals surface area contributed by atoms with Crippen molar-refractivity contribution in [1.82, 2.24) is 0 Å². The molecule has 0 aliphatic heterocycles. The molecule has 0 spiro atoms. The maximum Gasteiger partial charge on any atom is 0.328 e. The van der Waals surface area contributed by atoms with Crippen LogP contribution in [0.25, 0.3) is 6.08 Å². The second kappa shape index (κ2) is 4.56. The second-order valence-electron chi connectivity index (χ2n) is 2.63. The summed E-state index contributed by atoms with van der Waals surface area (Å²) in [4.78, 5) is 20.0. The molecule has 0 fully saturated rings. The molecule has 15 heavy (non-hydrogen) atoms. The number of halogens is 1. The van der Waals surface area contributed by atoms with E-state index in [2.05, 4.69) is 0 Å². The van der Waals surface area contributed by atoms with Gasteiger partial charge in [0.15, 0.2) is 0 Å². The minimum atomic E-state index is -1.11. The maximum atomic E-state index is 10.4. The number of carboxylic acids is 1. The van der Waals surface area contributed by atoms with Gasteiger partial charge in [0.2, 0.25) is 0 Å². The van der Waals surface area contributed by atoms with Gasteiger partial charge in [-0.25, -0.2) is 4.79 Å². The Morgan fingerprint density at radius 3 is 2.67 bits per heavy atom. The number of nitrogens with zero attached hydrogens (tertiary/aromatic N) is 1. The summed E-state index contributed by atoms with van der Waals surface area (Å²) in [6.45, 7) is 0. The number of hydrogen-bond acceptors (Lipinski definition) is 3. The third-order valence-corrected chi connectivity index (χ3v) is 1.93.